The van der Waals surface area contributed by atoms with E-state index in [2.05, 4.69) is 4.99 Å². The van der Waals surface area contributed by atoms with Gasteiger partial charge in [0.05, 0.1) is 6.61 Å². The molecule has 1 aliphatic heterocycles. The summed E-state index contributed by atoms with van der Waals surface area (Å²) in [5.41, 5.74) is 4.52. The van der Waals surface area contributed by atoms with Gasteiger partial charge in [0.1, 0.15) is 30.5 Å². The van der Waals surface area contributed by atoms with Crippen LogP contribution in [0, 0.1) is 0 Å². The second-order valence-corrected chi connectivity index (χ2v) is 4.01. The molecule has 0 saturated heterocycles. The smallest absolute Gasteiger partial charge is 0.142 e. The lowest BCUT2D eigenvalue weighted by Crippen LogP contribution is -2.45. The standard InChI is InChI=1S/C11H14F2N2O/c12-6-11(7-16-5-10(14)15-11)8-3-1-2-4-9(8)13/h3-4H,1-2,5-7H2,(H2,14,15)/t11-/m0/s1. The lowest BCUT2D eigenvalue weighted by Gasteiger charge is -2.33. The van der Waals surface area contributed by atoms with Crippen LogP contribution in [-0.2, 0) is 4.74 Å². The minimum atomic E-state index is -1.27. The van der Waals surface area contributed by atoms with Crippen LogP contribution in [0.4, 0.5) is 8.78 Å². The van der Waals surface area contributed by atoms with E-state index in [0.29, 0.717) is 12.8 Å². The minimum absolute atomic E-state index is 0.0390. The fourth-order valence-corrected chi connectivity index (χ4v) is 2.00. The molecule has 16 heavy (non-hydrogen) atoms. The molecule has 0 aromatic rings. The summed E-state index contributed by atoms with van der Waals surface area (Å²) in [5, 5.41) is 0. The van der Waals surface area contributed by atoms with Crippen LogP contribution < -0.4 is 5.73 Å². The summed E-state index contributed by atoms with van der Waals surface area (Å²) in [6.07, 6.45) is 4.46. The summed E-state index contributed by atoms with van der Waals surface area (Å²) >= 11 is 0. The highest BCUT2D eigenvalue weighted by atomic mass is 19.1. The molecule has 2 N–H and O–H groups in total. The number of aliphatic imine (C=N–C) groups is 1. The zero-order chi connectivity index (χ0) is 11.6. The van der Waals surface area contributed by atoms with Gasteiger partial charge in [-0.2, -0.15) is 0 Å². The molecule has 0 radical (unpaired) electrons. The fourth-order valence-electron chi connectivity index (χ4n) is 2.00. The molecule has 0 fully saturated rings. The Morgan fingerprint density at radius 1 is 1.44 bits per heavy atom. The zero-order valence-electron chi connectivity index (χ0n) is 8.88. The molecule has 0 spiro atoms. The second-order valence-electron chi connectivity index (χ2n) is 4.01. The fraction of sp³-hybridized carbons (Fsp3) is 0.545. The van der Waals surface area contributed by atoms with Crippen LogP contribution in [0.1, 0.15) is 12.8 Å². The zero-order valence-corrected chi connectivity index (χ0v) is 8.88. The Balaban J connectivity index is 2.38. The van der Waals surface area contributed by atoms with E-state index in [1.165, 1.54) is 6.08 Å². The van der Waals surface area contributed by atoms with Crippen molar-refractivity contribution in [2.45, 2.75) is 18.4 Å². The average molecular weight is 228 g/mol. The van der Waals surface area contributed by atoms with E-state index in [-0.39, 0.29) is 24.6 Å². The van der Waals surface area contributed by atoms with E-state index in [4.69, 9.17) is 10.5 Å². The van der Waals surface area contributed by atoms with Gasteiger partial charge in [0.2, 0.25) is 0 Å². The summed E-state index contributed by atoms with van der Waals surface area (Å²) in [6.45, 7) is -0.585. The van der Waals surface area contributed by atoms with Crippen molar-refractivity contribution < 1.29 is 13.5 Å². The van der Waals surface area contributed by atoms with Gasteiger partial charge < -0.3 is 10.5 Å². The number of rotatable bonds is 2. The number of amidine groups is 1. The highest BCUT2D eigenvalue weighted by Gasteiger charge is 2.39. The van der Waals surface area contributed by atoms with Gasteiger partial charge in [-0.3, -0.25) is 4.99 Å². The number of halogens is 2. The third-order valence-corrected chi connectivity index (χ3v) is 2.77. The summed E-state index contributed by atoms with van der Waals surface area (Å²) in [5.74, 6) is -0.200. The Bertz CT molecular complexity index is 376. The van der Waals surface area contributed by atoms with Gasteiger partial charge in [0, 0.05) is 5.57 Å². The van der Waals surface area contributed by atoms with Crippen LogP contribution in [0.2, 0.25) is 0 Å². The average Bonchev–Trinajstić information content (AvgIpc) is 2.29. The summed E-state index contributed by atoms with van der Waals surface area (Å²) in [7, 11) is 0. The van der Waals surface area contributed by atoms with Crippen molar-refractivity contribution >= 4 is 5.84 Å². The third kappa shape index (κ3) is 1.87. The molecular weight excluding hydrogens is 214 g/mol. The number of allylic oxidation sites excluding steroid dienone is 2. The van der Waals surface area contributed by atoms with Gasteiger partial charge >= 0.3 is 0 Å². The van der Waals surface area contributed by atoms with Gasteiger partial charge in [0.25, 0.3) is 0 Å². The Morgan fingerprint density at radius 2 is 2.19 bits per heavy atom. The van der Waals surface area contributed by atoms with Crippen molar-refractivity contribution in [3.8, 4) is 0 Å². The van der Waals surface area contributed by atoms with Crippen molar-refractivity contribution in [2.24, 2.45) is 10.7 Å². The molecular formula is C11H14F2N2O. The molecule has 1 heterocycles. The molecule has 0 aromatic heterocycles. The van der Waals surface area contributed by atoms with E-state index < -0.39 is 18.0 Å². The number of nitrogens with two attached hydrogens (primary N) is 1. The van der Waals surface area contributed by atoms with E-state index >= 15 is 0 Å². The molecule has 0 unspecified atom stereocenters. The van der Waals surface area contributed by atoms with Crippen LogP contribution in [0.15, 0.2) is 28.5 Å². The summed E-state index contributed by atoms with van der Waals surface area (Å²) < 4.78 is 32.0. The Morgan fingerprint density at radius 3 is 2.81 bits per heavy atom. The van der Waals surface area contributed by atoms with Gasteiger partial charge in [-0.15, -0.1) is 0 Å². The maximum Gasteiger partial charge on any atom is 0.142 e. The topological polar surface area (TPSA) is 47.6 Å². The number of nitrogens with zero attached hydrogens (tertiary/aromatic N) is 1. The van der Waals surface area contributed by atoms with Crippen LogP contribution in [0.5, 0.6) is 0 Å². The number of hydrogen-bond donors (Lipinski definition) is 1. The maximum atomic E-state index is 13.7. The normalized spacial score (nSPS) is 30.5. The van der Waals surface area contributed by atoms with E-state index in [1.807, 2.05) is 0 Å². The first-order chi connectivity index (χ1) is 7.68. The first-order valence-electron chi connectivity index (χ1n) is 5.22. The van der Waals surface area contributed by atoms with E-state index in [9.17, 15) is 8.78 Å². The molecule has 0 bridgehead atoms. The molecule has 1 atom stereocenters. The predicted molar refractivity (Wildman–Crippen MR) is 57.7 cm³/mol. The molecule has 0 amide bonds. The Labute approximate surface area is 92.7 Å². The van der Waals surface area contributed by atoms with Crippen molar-refractivity contribution in [3.05, 3.63) is 23.6 Å². The summed E-state index contributed by atoms with van der Waals surface area (Å²) in [4.78, 5) is 4.05. The second kappa shape index (κ2) is 4.33. The monoisotopic (exact) mass is 228 g/mol. The SMILES string of the molecule is NC1=N[C@](CF)(C2=CCCC=C2F)COC1. The lowest BCUT2D eigenvalue weighted by molar-refractivity contribution is 0.0994. The maximum absolute atomic E-state index is 13.7. The van der Waals surface area contributed by atoms with Crippen molar-refractivity contribution in [1.82, 2.24) is 0 Å². The first-order valence-corrected chi connectivity index (χ1v) is 5.22. The number of ether oxygens (including phenoxy) is 1. The molecule has 3 nitrogen and oxygen atoms in total. The molecule has 2 rings (SSSR count). The number of hydrogen-bond acceptors (Lipinski definition) is 3. The number of alkyl halides is 1. The van der Waals surface area contributed by atoms with Crippen LogP contribution in [0.3, 0.4) is 0 Å². The van der Waals surface area contributed by atoms with Crippen LogP contribution >= 0.6 is 0 Å². The van der Waals surface area contributed by atoms with Crippen LogP contribution in [-0.4, -0.2) is 31.3 Å². The first kappa shape index (κ1) is 11.3. The highest BCUT2D eigenvalue weighted by Crippen LogP contribution is 2.34. The highest BCUT2D eigenvalue weighted by molar-refractivity contribution is 5.83. The summed E-state index contributed by atoms with van der Waals surface area (Å²) in [6, 6.07) is 0. The van der Waals surface area contributed by atoms with Crippen molar-refractivity contribution in [3.63, 3.8) is 0 Å². The van der Waals surface area contributed by atoms with E-state index in [1.54, 1.807) is 6.08 Å². The molecule has 0 aromatic carbocycles. The van der Waals surface area contributed by atoms with Crippen LogP contribution in [0.25, 0.3) is 0 Å². The van der Waals surface area contributed by atoms with Gasteiger partial charge in [-0.25, -0.2) is 8.78 Å². The van der Waals surface area contributed by atoms with Gasteiger partial charge in [-0.05, 0) is 18.9 Å². The van der Waals surface area contributed by atoms with Gasteiger partial charge in [0.15, 0.2) is 0 Å². The largest absolute Gasteiger partial charge is 0.385 e. The predicted octanol–water partition coefficient (Wildman–Crippen LogP) is 1.66. The quantitative estimate of drug-likeness (QED) is 0.781. The third-order valence-electron chi connectivity index (χ3n) is 2.77. The molecule has 1 aliphatic carbocycles. The van der Waals surface area contributed by atoms with Crippen molar-refractivity contribution in [2.75, 3.05) is 19.9 Å². The van der Waals surface area contributed by atoms with Crippen molar-refractivity contribution in [1.29, 1.82) is 0 Å². The minimum Gasteiger partial charge on any atom is -0.385 e. The lowest BCUT2D eigenvalue weighted by atomic mass is 9.87. The molecule has 0 saturated carbocycles. The van der Waals surface area contributed by atoms with E-state index in [0.717, 1.165) is 0 Å². The Kier molecular flexibility index (Phi) is 3.05. The Hall–Kier alpha value is -1.23. The molecule has 5 heteroatoms. The van der Waals surface area contributed by atoms with Gasteiger partial charge in [-0.1, -0.05) is 6.08 Å². The molecule has 2 aliphatic rings. The molecule has 88 valence electrons.